The third-order valence-electron chi connectivity index (χ3n) is 2.61. The zero-order chi connectivity index (χ0) is 13.8. The highest BCUT2D eigenvalue weighted by molar-refractivity contribution is 7.99. The second kappa shape index (κ2) is 6.14. The van der Waals surface area contributed by atoms with E-state index in [-0.39, 0.29) is 13.2 Å². The number of rotatable bonds is 4. The molecule has 0 aliphatic heterocycles. The van der Waals surface area contributed by atoms with Crippen LogP contribution < -0.4 is 0 Å². The van der Waals surface area contributed by atoms with E-state index < -0.39 is 11.6 Å². The molecule has 0 spiro atoms. The van der Waals surface area contributed by atoms with Crippen molar-refractivity contribution >= 4 is 11.8 Å². The molecule has 0 fully saturated rings. The van der Waals surface area contributed by atoms with Gasteiger partial charge in [-0.05, 0) is 41.5 Å². The van der Waals surface area contributed by atoms with E-state index in [2.05, 4.69) is 0 Å². The molecular formula is C14H12F2O2S. The molecule has 2 aromatic rings. The van der Waals surface area contributed by atoms with Crippen molar-refractivity contribution in [1.29, 1.82) is 0 Å². The largest absolute Gasteiger partial charge is 0.392 e. The number of hydrogen-bond donors (Lipinski definition) is 2. The van der Waals surface area contributed by atoms with E-state index in [0.717, 1.165) is 0 Å². The normalized spacial score (nSPS) is 10.7. The molecule has 0 aliphatic rings. The summed E-state index contributed by atoms with van der Waals surface area (Å²) < 4.78 is 26.3. The van der Waals surface area contributed by atoms with Crippen molar-refractivity contribution < 1.29 is 19.0 Å². The lowest BCUT2D eigenvalue weighted by Crippen LogP contribution is -1.92. The standard InChI is InChI=1S/C14H12F2O2S/c15-11-3-4-13(10(5-11)8-18)19-14-6-12(16)2-1-9(14)7-17/h1-6,17-18H,7-8H2. The summed E-state index contributed by atoms with van der Waals surface area (Å²) in [5.41, 5.74) is 1.01. The highest BCUT2D eigenvalue weighted by atomic mass is 32.2. The van der Waals surface area contributed by atoms with Gasteiger partial charge < -0.3 is 10.2 Å². The van der Waals surface area contributed by atoms with Gasteiger partial charge in [0.15, 0.2) is 0 Å². The first-order chi connectivity index (χ1) is 9.13. The summed E-state index contributed by atoms with van der Waals surface area (Å²) in [7, 11) is 0. The van der Waals surface area contributed by atoms with E-state index in [1.165, 1.54) is 48.2 Å². The molecule has 2 aromatic carbocycles. The summed E-state index contributed by atoms with van der Waals surface area (Å²) in [6, 6.07) is 8.12. The van der Waals surface area contributed by atoms with Gasteiger partial charge in [0, 0.05) is 9.79 Å². The maximum atomic E-state index is 13.2. The van der Waals surface area contributed by atoms with Gasteiger partial charge in [0.1, 0.15) is 11.6 Å². The van der Waals surface area contributed by atoms with Gasteiger partial charge in [0.25, 0.3) is 0 Å². The summed E-state index contributed by atoms with van der Waals surface area (Å²) in [4.78, 5) is 1.17. The summed E-state index contributed by atoms with van der Waals surface area (Å²) in [6.45, 7) is -0.512. The monoisotopic (exact) mass is 282 g/mol. The van der Waals surface area contributed by atoms with Crippen molar-refractivity contribution in [3.05, 3.63) is 59.2 Å². The molecule has 0 radical (unpaired) electrons. The number of halogens is 2. The molecule has 0 atom stereocenters. The predicted octanol–water partition coefficient (Wildman–Crippen LogP) is 3.10. The van der Waals surface area contributed by atoms with Crippen molar-refractivity contribution in [2.45, 2.75) is 23.0 Å². The summed E-state index contributed by atoms with van der Waals surface area (Å²) in [6.07, 6.45) is 0. The smallest absolute Gasteiger partial charge is 0.124 e. The maximum absolute atomic E-state index is 13.2. The average Bonchev–Trinajstić information content (AvgIpc) is 2.41. The molecule has 0 heterocycles. The van der Waals surface area contributed by atoms with Crippen LogP contribution in [0, 0.1) is 11.6 Å². The number of benzene rings is 2. The zero-order valence-electron chi connectivity index (χ0n) is 9.94. The molecule has 2 nitrogen and oxygen atoms in total. The van der Waals surface area contributed by atoms with Crippen molar-refractivity contribution in [1.82, 2.24) is 0 Å². The first kappa shape index (κ1) is 14.0. The Morgan fingerprint density at radius 2 is 1.42 bits per heavy atom. The van der Waals surface area contributed by atoms with E-state index in [4.69, 9.17) is 0 Å². The topological polar surface area (TPSA) is 40.5 Å². The van der Waals surface area contributed by atoms with Crippen molar-refractivity contribution in [3.8, 4) is 0 Å². The minimum atomic E-state index is -0.435. The Kier molecular flexibility index (Phi) is 4.52. The molecular weight excluding hydrogens is 270 g/mol. The molecule has 0 unspecified atom stereocenters. The fraction of sp³-hybridized carbons (Fsp3) is 0.143. The lowest BCUT2D eigenvalue weighted by atomic mass is 10.2. The Morgan fingerprint density at radius 3 is 2.11 bits per heavy atom. The van der Waals surface area contributed by atoms with Gasteiger partial charge in [0.2, 0.25) is 0 Å². The minimum Gasteiger partial charge on any atom is -0.392 e. The summed E-state index contributed by atoms with van der Waals surface area (Å²) in [5.74, 6) is -0.845. The third-order valence-corrected chi connectivity index (χ3v) is 3.83. The van der Waals surface area contributed by atoms with Gasteiger partial charge in [-0.25, -0.2) is 8.78 Å². The van der Waals surface area contributed by atoms with Gasteiger partial charge >= 0.3 is 0 Å². The second-order valence-electron chi connectivity index (χ2n) is 3.92. The molecule has 0 saturated carbocycles. The Bertz CT molecular complexity index is 588. The van der Waals surface area contributed by atoms with E-state index in [9.17, 15) is 19.0 Å². The summed E-state index contributed by atoms with van der Waals surface area (Å²) >= 11 is 1.19. The molecule has 2 N–H and O–H groups in total. The first-order valence-electron chi connectivity index (χ1n) is 5.60. The fourth-order valence-corrected chi connectivity index (χ4v) is 2.71. The molecule has 0 amide bonds. The van der Waals surface area contributed by atoms with Gasteiger partial charge in [-0.15, -0.1) is 0 Å². The van der Waals surface area contributed by atoms with Crippen molar-refractivity contribution in [2.75, 3.05) is 0 Å². The average molecular weight is 282 g/mol. The van der Waals surface area contributed by atoms with Crippen LogP contribution in [0.2, 0.25) is 0 Å². The van der Waals surface area contributed by atoms with Gasteiger partial charge in [-0.3, -0.25) is 0 Å². The molecule has 0 aliphatic carbocycles. The molecule has 0 saturated heterocycles. The van der Waals surface area contributed by atoms with Gasteiger partial charge in [0.05, 0.1) is 13.2 Å². The number of hydrogen-bond acceptors (Lipinski definition) is 3. The minimum absolute atomic E-state index is 0.210. The highest BCUT2D eigenvalue weighted by Gasteiger charge is 2.09. The first-order valence-corrected chi connectivity index (χ1v) is 6.42. The third kappa shape index (κ3) is 3.32. The van der Waals surface area contributed by atoms with Crippen LogP contribution in [0.4, 0.5) is 8.78 Å². The quantitative estimate of drug-likeness (QED) is 0.905. The van der Waals surface area contributed by atoms with Crippen LogP contribution in [-0.4, -0.2) is 10.2 Å². The fourth-order valence-electron chi connectivity index (χ4n) is 1.64. The highest BCUT2D eigenvalue weighted by Crippen LogP contribution is 2.33. The van der Waals surface area contributed by atoms with E-state index in [1.54, 1.807) is 0 Å². The molecule has 5 heteroatoms. The Labute approximate surface area is 113 Å². The van der Waals surface area contributed by atoms with E-state index in [0.29, 0.717) is 20.9 Å². The number of aliphatic hydroxyl groups is 2. The van der Waals surface area contributed by atoms with Crippen LogP contribution in [0.25, 0.3) is 0 Å². The Hall–Kier alpha value is -1.43. The Balaban J connectivity index is 2.38. The molecule has 0 aromatic heterocycles. The lowest BCUT2D eigenvalue weighted by Gasteiger charge is -2.10. The van der Waals surface area contributed by atoms with Crippen LogP contribution in [0.1, 0.15) is 11.1 Å². The predicted molar refractivity (Wildman–Crippen MR) is 68.8 cm³/mol. The van der Waals surface area contributed by atoms with Crippen LogP contribution in [0.3, 0.4) is 0 Å². The zero-order valence-corrected chi connectivity index (χ0v) is 10.8. The molecule has 0 bridgehead atoms. The molecule has 19 heavy (non-hydrogen) atoms. The van der Waals surface area contributed by atoms with Crippen molar-refractivity contribution in [2.24, 2.45) is 0 Å². The van der Waals surface area contributed by atoms with E-state index in [1.807, 2.05) is 0 Å². The van der Waals surface area contributed by atoms with Crippen LogP contribution in [0.15, 0.2) is 46.2 Å². The molecule has 2 rings (SSSR count). The van der Waals surface area contributed by atoms with Crippen molar-refractivity contribution in [3.63, 3.8) is 0 Å². The SMILES string of the molecule is OCc1cc(F)ccc1Sc1cc(F)ccc1CO. The van der Waals surface area contributed by atoms with E-state index >= 15 is 0 Å². The van der Waals surface area contributed by atoms with Crippen LogP contribution in [-0.2, 0) is 13.2 Å². The number of aliphatic hydroxyl groups excluding tert-OH is 2. The summed E-state index contributed by atoms with van der Waals surface area (Å²) in [5, 5.41) is 18.4. The maximum Gasteiger partial charge on any atom is 0.124 e. The van der Waals surface area contributed by atoms with Crippen LogP contribution >= 0.6 is 11.8 Å². The van der Waals surface area contributed by atoms with Gasteiger partial charge in [-0.1, -0.05) is 17.8 Å². The lowest BCUT2D eigenvalue weighted by molar-refractivity contribution is 0.278. The van der Waals surface area contributed by atoms with Gasteiger partial charge in [-0.2, -0.15) is 0 Å². The second-order valence-corrected chi connectivity index (χ2v) is 5.01. The van der Waals surface area contributed by atoms with Crippen LogP contribution in [0.5, 0.6) is 0 Å². The Morgan fingerprint density at radius 1 is 0.789 bits per heavy atom. The molecule has 100 valence electrons.